The molecule has 0 atom stereocenters. The van der Waals surface area contributed by atoms with Crippen molar-refractivity contribution in [3.8, 4) is 0 Å². The van der Waals surface area contributed by atoms with E-state index in [2.05, 4.69) is 31.3 Å². The van der Waals surface area contributed by atoms with Gasteiger partial charge in [-0.25, -0.2) is 9.50 Å². The average Bonchev–Trinajstić information content (AvgIpc) is 2.88. The molecule has 0 saturated carbocycles. The van der Waals surface area contributed by atoms with Crippen LogP contribution in [-0.4, -0.2) is 20.5 Å². The Bertz CT molecular complexity index is 848. The standard InChI is InChI=1S/C14H9BrCl2N4O/c15-10-7-19-21-12(17)5-11(20-13(10)21)14(22)18-6-8-1-3-9(16)4-2-8/h1-5,7H,6H2,(H,18,22). The van der Waals surface area contributed by atoms with Gasteiger partial charge in [0.1, 0.15) is 10.8 Å². The fourth-order valence-corrected chi connectivity index (χ4v) is 2.59. The van der Waals surface area contributed by atoms with Gasteiger partial charge in [0.2, 0.25) is 0 Å². The van der Waals surface area contributed by atoms with Crippen molar-refractivity contribution in [2.45, 2.75) is 6.54 Å². The second-order valence-corrected chi connectivity index (χ2v) is 6.18. The number of hydrogen-bond acceptors (Lipinski definition) is 3. The van der Waals surface area contributed by atoms with E-state index in [0.717, 1.165) is 5.56 Å². The van der Waals surface area contributed by atoms with Crippen LogP contribution in [0.15, 0.2) is 41.0 Å². The zero-order valence-corrected chi connectivity index (χ0v) is 14.2. The van der Waals surface area contributed by atoms with Gasteiger partial charge < -0.3 is 5.32 Å². The molecule has 0 aliphatic rings. The molecule has 3 aromatic rings. The topological polar surface area (TPSA) is 59.3 Å². The van der Waals surface area contributed by atoms with Gasteiger partial charge in [-0.15, -0.1) is 0 Å². The quantitative estimate of drug-likeness (QED) is 0.682. The third-order valence-electron chi connectivity index (χ3n) is 2.98. The zero-order chi connectivity index (χ0) is 15.7. The van der Waals surface area contributed by atoms with E-state index in [0.29, 0.717) is 26.8 Å². The molecule has 1 N–H and O–H groups in total. The number of amides is 1. The van der Waals surface area contributed by atoms with E-state index < -0.39 is 0 Å². The van der Waals surface area contributed by atoms with Crippen molar-refractivity contribution in [2.24, 2.45) is 0 Å². The van der Waals surface area contributed by atoms with Crippen molar-refractivity contribution in [1.82, 2.24) is 19.9 Å². The molecule has 2 aromatic heterocycles. The summed E-state index contributed by atoms with van der Waals surface area (Å²) in [5.74, 6) is -0.313. The molecular weight excluding hydrogens is 391 g/mol. The highest BCUT2D eigenvalue weighted by Crippen LogP contribution is 2.20. The first-order valence-corrected chi connectivity index (χ1v) is 7.82. The van der Waals surface area contributed by atoms with Crippen LogP contribution in [0.3, 0.4) is 0 Å². The van der Waals surface area contributed by atoms with Crippen molar-refractivity contribution in [1.29, 1.82) is 0 Å². The molecule has 0 spiro atoms. The van der Waals surface area contributed by atoms with E-state index >= 15 is 0 Å². The summed E-state index contributed by atoms with van der Waals surface area (Å²) >= 11 is 15.2. The Balaban J connectivity index is 1.80. The number of hydrogen-bond donors (Lipinski definition) is 1. The Labute approximate surface area is 144 Å². The molecule has 5 nitrogen and oxygen atoms in total. The molecule has 8 heteroatoms. The number of carbonyl (C=O) groups excluding carboxylic acids is 1. The second kappa shape index (κ2) is 6.24. The normalized spacial score (nSPS) is 10.9. The SMILES string of the molecule is O=C(NCc1ccc(Cl)cc1)c1cc(Cl)n2ncc(Br)c2n1. The summed E-state index contributed by atoms with van der Waals surface area (Å²) in [7, 11) is 0. The summed E-state index contributed by atoms with van der Waals surface area (Å²) < 4.78 is 2.11. The number of benzene rings is 1. The summed E-state index contributed by atoms with van der Waals surface area (Å²) in [5.41, 5.74) is 1.66. The van der Waals surface area contributed by atoms with Crippen LogP contribution in [0.5, 0.6) is 0 Å². The van der Waals surface area contributed by atoms with E-state index in [1.54, 1.807) is 18.3 Å². The Hall–Kier alpha value is -1.63. The molecule has 112 valence electrons. The molecule has 22 heavy (non-hydrogen) atoms. The lowest BCUT2D eigenvalue weighted by Crippen LogP contribution is -2.24. The number of nitrogens with zero attached hydrogens (tertiary/aromatic N) is 3. The molecule has 0 radical (unpaired) electrons. The molecule has 0 unspecified atom stereocenters. The molecule has 0 bridgehead atoms. The first-order chi connectivity index (χ1) is 10.5. The summed E-state index contributed by atoms with van der Waals surface area (Å²) in [6, 6.07) is 8.71. The molecule has 1 amide bonds. The van der Waals surface area contributed by atoms with E-state index in [-0.39, 0.29) is 11.6 Å². The van der Waals surface area contributed by atoms with Gasteiger partial charge in [-0.1, -0.05) is 35.3 Å². The van der Waals surface area contributed by atoms with Gasteiger partial charge in [0, 0.05) is 17.6 Å². The minimum Gasteiger partial charge on any atom is -0.347 e. The van der Waals surface area contributed by atoms with Gasteiger partial charge in [0.15, 0.2) is 5.65 Å². The molecule has 0 fully saturated rings. The number of halogens is 3. The first kappa shape index (κ1) is 15.3. The summed E-state index contributed by atoms with van der Waals surface area (Å²) in [6.45, 7) is 0.376. The fraction of sp³-hybridized carbons (Fsp3) is 0.0714. The maximum Gasteiger partial charge on any atom is 0.270 e. The molecular formula is C14H9BrCl2N4O. The maximum atomic E-state index is 12.2. The fourth-order valence-electron chi connectivity index (χ4n) is 1.89. The van der Waals surface area contributed by atoms with E-state index in [1.165, 1.54) is 10.6 Å². The van der Waals surface area contributed by atoms with Crippen molar-refractivity contribution in [2.75, 3.05) is 0 Å². The van der Waals surface area contributed by atoms with Gasteiger partial charge in [-0.3, -0.25) is 4.79 Å². The monoisotopic (exact) mass is 398 g/mol. The number of aromatic nitrogens is 3. The zero-order valence-electron chi connectivity index (χ0n) is 11.1. The smallest absolute Gasteiger partial charge is 0.270 e. The van der Waals surface area contributed by atoms with Gasteiger partial charge >= 0.3 is 0 Å². The van der Waals surface area contributed by atoms with Gasteiger partial charge in [0.05, 0.1) is 10.7 Å². The average molecular weight is 400 g/mol. The first-order valence-electron chi connectivity index (χ1n) is 6.27. The highest BCUT2D eigenvalue weighted by atomic mass is 79.9. The lowest BCUT2D eigenvalue weighted by molar-refractivity contribution is 0.0946. The Morgan fingerprint density at radius 3 is 2.73 bits per heavy atom. The highest BCUT2D eigenvalue weighted by Gasteiger charge is 2.13. The maximum absolute atomic E-state index is 12.2. The van der Waals surface area contributed by atoms with Crippen molar-refractivity contribution >= 4 is 50.7 Å². The van der Waals surface area contributed by atoms with Crippen LogP contribution >= 0.6 is 39.1 Å². The third kappa shape index (κ3) is 3.09. The number of rotatable bonds is 3. The Kier molecular flexibility index (Phi) is 4.33. The largest absolute Gasteiger partial charge is 0.347 e. The van der Waals surface area contributed by atoms with Crippen LogP contribution in [0.2, 0.25) is 10.2 Å². The van der Waals surface area contributed by atoms with Crippen LogP contribution in [0.1, 0.15) is 16.1 Å². The lowest BCUT2D eigenvalue weighted by atomic mass is 10.2. The molecule has 1 aromatic carbocycles. The van der Waals surface area contributed by atoms with Crippen molar-refractivity contribution in [3.63, 3.8) is 0 Å². The minimum atomic E-state index is -0.313. The second-order valence-electron chi connectivity index (χ2n) is 4.50. The van der Waals surface area contributed by atoms with Crippen LogP contribution in [-0.2, 0) is 6.54 Å². The predicted octanol–water partition coefficient (Wildman–Crippen LogP) is 3.73. The van der Waals surface area contributed by atoms with Gasteiger partial charge in [0.25, 0.3) is 5.91 Å². The Morgan fingerprint density at radius 1 is 1.27 bits per heavy atom. The summed E-state index contributed by atoms with van der Waals surface area (Å²) in [6.07, 6.45) is 1.57. The third-order valence-corrected chi connectivity index (χ3v) is 4.06. The summed E-state index contributed by atoms with van der Waals surface area (Å²) in [4.78, 5) is 16.5. The number of carbonyl (C=O) groups is 1. The molecule has 0 saturated heterocycles. The van der Waals surface area contributed by atoms with Crippen LogP contribution in [0, 0.1) is 0 Å². The highest BCUT2D eigenvalue weighted by molar-refractivity contribution is 9.10. The molecule has 3 rings (SSSR count). The predicted molar refractivity (Wildman–Crippen MR) is 88.3 cm³/mol. The van der Waals surface area contributed by atoms with Crippen LogP contribution < -0.4 is 5.32 Å². The van der Waals surface area contributed by atoms with E-state index in [4.69, 9.17) is 23.2 Å². The van der Waals surface area contributed by atoms with Gasteiger partial charge in [-0.05, 0) is 33.6 Å². The van der Waals surface area contributed by atoms with Crippen molar-refractivity contribution < 1.29 is 4.79 Å². The van der Waals surface area contributed by atoms with Crippen LogP contribution in [0.4, 0.5) is 0 Å². The Morgan fingerprint density at radius 2 is 2.00 bits per heavy atom. The van der Waals surface area contributed by atoms with E-state index in [9.17, 15) is 4.79 Å². The number of nitrogens with one attached hydrogen (secondary N) is 1. The molecule has 0 aliphatic heterocycles. The number of fused-ring (bicyclic) bond motifs is 1. The van der Waals surface area contributed by atoms with Gasteiger partial charge in [-0.2, -0.15) is 5.10 Å². The van der Waals surface area contributed by atoms with Crippen molar-refractivity contribution in [3.05, 3.63) is 62.4 Å². The molecule has 0 aliphatic carbocycles. The van der Waals surface area contributed by atoms with Crippen LogP contribution in [0.25, 0.3) is 5.65 Å². The lowest BCUT2D eigenvalue weighted by Gasteiger charge is -2.06. The molecule has 2 heterocycles. The van der Waals surface area contributed by atoms with E-state index in [1.807, 2.05) is 12.1 Å². The summed E-state index contributed by atoms with van der Waals surface area (Å²) in [5, 5.41) is 7.81. The minimum absolute atomic E-state index is 0.229.